The summed E-state index contributed by atoms with van der Waals surface area (Å²) < 4.78 is 0. The molecule has 0 unspecified atom stereocenters. The van der Waals surface area contributed by atoms with Crippen molar-refractivity contribution in [1.29, 1.82) is 0 Å². The van der Waals surface area contributed by atoms with E-state index in [1.54, 1.807) is 0 Å². The van der Waals surface area contributed by atoms with Gasteiger partial charge >= 0.3 is 0 Å². The van der Waals surface area contributed by atoms with Gasteiger partial charge in [0.2, 0.25) is 0 Å². The maximum atomic E-state index is 6.36. The second kappa shape index (κ2) is 5.85. The van der Waals surface area contributed by atoms with E-state index in [1.807, 2.05) is 12.1 Å². The minimum atomic E-state index is 0.0294. The second-order valence-electron chi connectivity index (χ2n) is 7.49. The third-order valence-electron chi connectivity index (χ3n) is 4.07. The van der Waals surface area contributed by atoms with Gasteiger partial charge in [-0.25, -0.2) is 0 Å². The van der Waals surface area contributed by atoms with Crippen molar-refractivity contribution < 1.29 is 0 Å². The van der Waals surface area contributed by atoms with Crippen LogP contribution >= 0.6 is 11.6 Å². The fourth-order valence-electron chi connectivity index (χ4n) is 2.74. The van der Waals surface area contributed by atoms with E-state index in [2.05, 4.69) is 71.0 Å². The first-order valence-corrected chi connectivity index (χ1v) is 7.92. The van der Waals surface area contributed by atoms with E-state index in [0.29, 0.717) is 0 Å². The fourth-order valence-corrected chi connectivity index (χ4v) is 3.13. The Balaban J connectivity index is 2.23. The number of halogens is 1. The van der Waals surface area contributed by atoms with Crippen LogP contribution in [-0.2, 0) is 17.3 Å². The molecule has 0 fully saturated rings. The van der Waals surface area contributed by atoms with Gasteiger partial charge in [0.05, 0.1) is 0 Å². The summed E-state index contributed by atoms with van der Waals surface area (Å²) in [5, 5.41) is 0.855. The number of hydrogen-bond acceptors (Lipinski definition) is 0. The number of benzene rings is 2. The molecule has 0 nitrogen and oxygen atoms in total. The minimum Gasteiger partial charge on any atom is -0.0840 e. The lowest BCUT2D eigenvalue weighted by Gasteiger charge is -2.27. The average molecular weight is 301 g/mol. The first-order valence-electron chi connectivity index (χ1n) is 7.54. The monoisotopic (exact) mass is 300 g/mol. The Morgan fingerprint density at radius 3 is 1.90 bits per heavy atom. The van der Waals surface area contributed by atoms with Gasteiger partial charge < -0.3 is 0 Å². The molecule has 0 N–H and O–H groups in total. The summed E-state index contributed by atoms with van der Waals surface area (Å²) in [6.45, 7) is 11.2. The van der Waals surface area contributed by atoms with Crippen LogP contribution in [0.4, 0.5) is 0 Å². The summed E-state index contributed by atoms with van der Waals surface area (Å²) in [5.41, 5.74) is 4.18. The van der Waals surface area contributed by atoms with Crippen LogP contribution in [0.5, 0.6) is 0 Å². The summed E-state index contributed by atoms with van der Waals surface area (Å²) in [4.78, 5) is 0. The lowest BCUT2D eigenvalue weighted by Crippen LogP contribution is -2.21. The van der Waals surface area contributed by atoms with Gasteiger partial charge in [0.15, 0.2) is 0 Å². The summed E-state index contributed by atoms with van der Waals surface area (Å²) in [6, 6.07) is 17.1. The smallest absolute Gasteiger partial charge is 0.0443 e. The van der Waals surface area contributed by atoms with Gasteiger partial charge in [-0.2, -0.15) is 0 Å². The quantitative estimate of drug-likeness (QED) is 0.637. The van der Waals surface area contributed by atoms with Gasteiger partial charge in [-0.1, -0.05) is 88.7 Å². The molecule has 112 valence electrons. The highest BCUT2D eigenvalue weighted by atomic mass is 35.5. The Morgan fingerprint density at radius 1 is 0.810 bits per heavy atom. The van der Waals surface area contributed by atoms with E-state index in [0.717, 1.165) is 11.4 Å². The topological polar surface area (TPSA) is 0 Å². The van der Waals surface area contributed by atoms with E-state index in [-0.39, 0.29) is 10.8 Å². The van der Waals surface area contributed by atoms with Gasteiger partial charge in [-0.15, -0.1) is 0 Å². The molecule has 0 radical (unpaired) electrons. The second-order valence-corrected chi connectivity index (χ2v) is 7.89. The minimum absolute atomic E-state index is 0.0294. The van der Waals surface area contributed by atoms with Crippen LogP contribution in [0.25, 0.3) is 0 Å². The zero-order valence-corrected chi connectivity index (χ0v) is 14.5. The average Bonchev–Trinajstić information content (AvgIpc) is 2.38. The lowest BCUT2D eigenvalue weighted by atomic mass is 9.78. The molecule has 2 rings (SSSR count). The maximum absolute atomic E-state index is 6.36. The predicted molar refractivity (Wildman–Crippen MR) is 93.3 cm³/mol. The van der Waals surface area contributed by atoms with Gasteiger partial charge in [-0.05, 0) is 40.0 Å². The SMILES string of the molecule is CC(C)(C)c1ccc(CC(C)(C)c2ccccc2Cl)cc1. The number of rotatable bonds is 3. The van der Waals surface area contributed by atoms with E-state index in [9.17, 15) is 0 Å². The van der Waals surface area contributed by atoms with E-state index in [1.165, 1.54) is 16.7 Å². The molecule has 0 spiro atoms. The van der Waals surface area contributed by atoms with Crippen LogP contribution in [0.2, 0.25) is 5.02 Å². The van der Waals surface area contributed by atoms with Gasteiger partial charge in [0, 0.05) is 5.02 Å². The fraction of sp³-hybridized carbons (Fsp3) is 0.400. The van der Waals surface area contributed by atoms with E-state index >= 15 is 0 Å². The summed E-state index contributed by atoms with van der Waals surface area (Å²) in [6.07, 6.45) is 0.987. The normalized spacial score (nSPS) is 12.5. The molecule has 1 heteroatoms. The molecule has 0 heterocycles. The molecule has 0 bridgehead atoms. The Labute approximate surface area is 134 Å². The maximum Gasteiger partial charge on any atom is 0.0443 e. The van der Waals surface area contributed by atoms with Crippen molar-refractivity contribution in [2.75, 3.05) is 0 Å². The Hall–Kier alpha value is -1.27. The highest BCUT2D eigenvalue weighted by Gasteiger charge is 2.23. The zero-order chi connectivity index (χ0) is 15.7. The van der Waals surface area contributed by atoms with Crippen molar-refractivity contribution in [3.63, 3.8) is 0 Å². The van der Waals surface area contributed by atoms with E-state index < -0.39 is 0 Å². The number of hydrogen-bond donors (Lipinski definition) is 0. The first kappa shape index (κ1) is 16.1. The van der Waals surface area contributed by atoms with Crippen LogP contribution in [0.3, 0.4) is 0 Å². The highest BCUT2D eigenvalue weighted by Crippen LogP contribution is 2.33. The third kappa shape index (κ3) is 3.89. The summed E-state index contributed by atoms with van der Waals surface area (Å²) in [5.74, 6) is 0. The Kier molecular flexibility index (Phi) is 4.49. The molecular weight excluding hydrogens is 276 g/mol. The first-order chi connectivity index (χ1) is 9.70. The van der Waals surface area contributed by atoms with Crippen molar-refractivity contribution in [3.05, 3.63) is 70.2 Å². The van der Waals surface area contributed by atoms with Crippen molar-refractivity contribution in [2.45, 2.75) is 51.9 Å². The van der Waals surface area contributed by atoms with Gasteiger partial charge in [0.1, 0.15) is 0 Å². The molecule has 0 saturated carbocycles. The zero-order valence-electron chi connectivity index (χ0n) is 13.7. The largest absolute Gasteiger partial charge is 0.0840 e. The molecule has 21 heavy (non-hydrogen) atoms. The molecule has 2 aromatic rings. The summed E-state index contributed by atoms with van der Waals surface area (Å²) >= 11 is 6.36. The molecular formula is C20H25Cl. The van der Waals surface area contributed by atoms with E-state index in [4.69, 9.17) is 11.6 Å². The van der Waals surface area contributed by atoms with Crippen molar-refractivity contribution in [3.8, 4) is 0 Å². The van der Waals surface area contributed by atoms with Crippen LogP contribution in [0, 0.1) is 0 Å². The standard InChI is InChI=1S/C20H25Cl/c1-19(2,3)16-12-10-15(11-13-16)14-20(4,5)17-8-6-7-9-18(17)21/h6-13H,14H2,1-5H3. The Bertz CT molecular complexity index is 600. The van der Waals surface area contributed by atoms with Crippen molar-refractivity contribution in [2.24, 2.45) is 0 Å². The van der Waals surface area contributed by atoms with Crippen LogP contribution in [0.15, 0.2) is 48.5 Å². The molecule has 0 atom stereocenters. The van der Waals surface area contributed by atoms with Crippen LogP contribution in [0.1, 0.15) is 51.3 Å². The van der Waals surface area contributed by atoms with Gasteiger partial charge in [-0.3, -0.25) is 0 Å². The molecule has 0 amide bonds. The lowest BCUT2D eigenvalue weighted by molar-refractivity contribution is 0.522. The highest BCUT2D eigenvalue weighted by molar-refractivity contribution is 6.31. The van der Waals surface area contributed by atoms with Crippen LogP contribution < -0.4 is 0 Å². The molecule has 2 aromatic carbocycles. The van der Waals surface area contributed by atoms with Crippen molar-refractivity contribution >= 4 is 11.6 Å². The summed E-state index contributed by atoms with van der Waals surface area (Å²) in [7, 11) is 0. The Morgan fingerprint density at radius 2 is 1.38 bits per heavy atom. The molecule has 0 aliphatic heterocycles. The predicted octanol–water partition coefficient (Wildman–Crippen LogP) is 6.16. The molecule has 0 aromatic heterocycles. The molecule has 0 aliphatic rings. The third-order valence-corrected chi connectivity index (χ3v) is 4.40. The molecule has 0 saturated heterocycles. The van der Waals surface area contributed by atoms with Gasteiger partial charge in [0.25, 0.3) is 0 Å². The molecule has 0 aliphatic carbocycles. The van der Waals surface area contributed by atoms with Crippen molar-refractivity contribution in [1.82, 2.24) is 0 Å². The van der Waals surface area contributed by atoms with Crippen LogP contribution in [-0.4, -0.2) is 0 Å².